The Morgan fingerprint density at radius 1 is 1.20 bits per heavy atom. The Hall–Kier alpha value is -3.56. The molecule has 8 nitrogen and oxygen atoms in total. The molecule has 1 aliphatic rings. The van der Waals surface area contributed by atoms with Gasteiger partial charge in [-0.05, 0) is 54.3 Å². The molecular formula is C26H27N5O3S. The van der Waals surface area contributed by atoms with Crippen LogP contribution in [0.2, 0.25) is 0 Å². The van der Waals surface area contributed by atoms with Crippen LogP contribution in [0.4, 0.5) is 10.6 Å². The van der Waals surface area contributed by atoms with Crippen molar-refractivity contribution in [3.8, 4) is 21.7 Å². The van der Waals surface area contributed by atoms with Gasteiger partial charge < -0.3 is 20.5 Å². The van der Waals surface area contributed by atoms with Crippen LogP contribution in [-0.2, 0) is 16.1 Å². The van der Waals surface area contributed by atoms with E-state index in [9.17, 15) is 4.79 Å². The van der Waals surface area contributed by atoms with Crippen LogP contribution in [0.3, 0.4) is 0 Å². The number of hydrogen-bond donors (Lipinski definition) is 2. The van der Waals surface area contributed by atoms with Gasteiger partial charge in [-0.15, -0.1) is 11.3 Å². The Balaban J connectivity index is 1.58. The summed E-state index contributed by atoms with van der Waals surface area (Å²) in [5, 5.41) is 5.18. The number of benzene rings is 1. The van der Waals surface area contributed by atoms with E-state index in [0.717, 1.165) is 74.7 Å². The summed E-state index contributed by atoms with van der Waals surface area (Å²) in [6.45, 7) is 3.62. The van der Waals surface area contributed by atoms with E-state index in [0.29, 0.717) is 11.7 Å². The molecule has 3 N–H and O–H groups in total. The minimum absolute atomic E-state index is 0.119. The predicted molar refractivity (Wildman–Crippen MR) is 137 cm³/mol. The standard InChI is InChI=1S/C26H27N5O3S/c1-15-5-8-29-12-20(15)17-3-4-18-19(11-17)24(27)30-13-21(18)25-31-22(14-34-26(32)28-2)23(35-25)16-6-9-33-10-7-16/h3-5,8,11-13,16H,6-7,9-10,14H2,1-2H3,(H2,27,30)(H,28,32). The molecule has 0 unspecified atom stereocenters. The van der Waals surface area contributed by atoms with Crippen molar-refractivity contribution in [1.29, 1.82) is 0 Å². The van der Waals surface area contributed by atoms with Crippen LogP contribution in [-0.4, -0.2) is 41.3 Å². The van der Waals surface area contributed by atoms with Gasteiger partial charge in [-0.1, -0.05) is 12.1 Å². The second-order valence-electron chi connectivity index (χ2n) is 8.55. The summed E-state index contributed by atoms with van der Waals surface area (Å²) in [5.74, 6) is 0.794. The number of nitrogens with one attached hydrogen (secondary N) is 1. The van der Waals surface area contributed by atoms with Gasteiger partial charge in [-0.2, -0.15) is 0 Å². The van der Waals surface area contributed by atoms with E-state index >= 15 is 0 Å². The van der Waals surface area contributed by atoms with Crippen LogP contribution in [0.1, 0.15) is 34.9 Å². The van der Waals surface area contributed by atoms with E-state index in [1.165, 1.54) is 0 Å². The number of aromatic nitrogens is 3. The first-order chi connectivity index (χ1) is 17.0. The fourth-order valence-electron chi connectivity index (χ4n) is 4.44. The molecule has 0 bridgehead atoms. The summed E-state index contributed by atoms with van der Waals surface area (Å²) in [5.41, 5.74) is 11.2. The van der Waals surface area contributed by atoms with Crippen LogP contribution in [0.5, 0.6) is 0 Å². The molecule has 3 aromatic heterocycles. The van der Waals surface area contributed by atoms with Gasteiger partial charge in [0.2, 0.25) is 0 Å². The molecule has 0 aliphatic carbocycles. The zero-order valence-corrected chi connectivity index (χ0v) is 20.5. The van der Waals surface area contributed by atoms with Crippen molar-refractivity contribution in [2.24, 2.45) is 0 Å². The number of ether oxygens (including phenoxy) is 2. The number of amides is 1. The smallest absolute Gasteiger partial charge is 0.407 e. The van der Waals surface area contributed by atoms with Crippen molar-refractivity contribution in [2.75, 3.05) is 26.0 Å². The first kappa shape index (κ1) is 23.2. The number of nitrogens with two attached hydrogens (primary N) is 1. The van der Waals surface area contributed by atoms with Crippen molar-refractivity contribution in [2.45, 2.75) is 32.3 Å². The van der Waals surface area contributed by atoms with Crippen molar-refractivity contribution >= 4 is 34.0 Å². The monoisotopic (exact) mass is 489 g/mol. The minimum Gasteiger partial charge on any atom is -0.443 e. The topological polar surface area (TPSA) is 112 Å². The van der Waals surface area contributed by atoms with Gasteiger partial charge in [0.25, 0.3) is 0 Å². The maximum absolute atomic E-state index is 11.7. The summed E-state index contributed by atoms with van der Waals surface area (Å²) in [6, 6.07) is 8.21. The highest BCUT2D eigenvalue weighted by atomic mass is 32.1. The van der Waals surface area contributed by atoms with Gasteiger partial charge in [-0.3, -0.25) is 4.98 Å². The average molecular weight is 490 g/mol. The lowest BCUT2D eigenvalue weighted by atomic mass is 9.97. The SMILES string of the molecule is CNC(=O)OCc1nc(-c2cnc(N)c3cc(-c4cnccc4C)ccc23)sc1C1CCOCC1. The van der Waals surface area contributed by atoms with Crippen molar-refractivity contribution in [3.63, 3.8) is 0 Å². The van der Waals surface area contributed by atoms with Gasteiger partial charge in [-0.25, -0.2) is 14.8 Å². The van der Waals surface area contributed by atoms with Crippen molar-refractivity contribution in [1.82, 2.24) is 20.3 Å². The summed E-state index contributed by atoms with van der Waals surface area (Å²) >= 11 is 1.63. The normalized spacial score (nSPS) is 14.2. The predicted octanol–water partition coefficient (Wildman–Crippen LogP) is 5.06. The van der Waals surface area contributed by atoms with Gasteiger partial charge >= 0.3 is 6.09 Å². The second kappa shape index (κ2) is 9.97. The van der Waals surface area contributed by atoms with E-state index in [2.05, 4.69) is 40.4 Å². The minimum atomic E-state index is -0.477. The maximum atomic E-state index is 11.7. The summed E-state index contributed by atoms with van der Waals surface area (Å²) in [4.78, 5) is 26.6. The third-order valence-electron chi connectivity index (χ3n) is 6.36. The lowest BCUT2D eigenvalue weighted by molar-refractivity contribution is 0.0852. The molecule has 1 amide bonds. The number of aryl methyl sites for hydroxylation is 1. The molecule has 4 aromatic rings. The molecule has 1 aliphatic heterocycles. The molecule has 180 valence electrons. The van der Waals surface area contributed by atoms with Gasteiger partial charge in [0.1, 0.15) is 17.4 Å². The van der Waals surface area contributed by atoms with Crippen LogP contribution in [0.25, 0.3) is 32.5 Å². The zero-order valence-electron chi connectivity index (χ0n) is 19.7. The number of alkyl carbamates (subject to hydrolysis) is 1. The van der Waals surface area contributed by atoms with Gasteiger partial charge in [0, 0.05) is 60.2 Å². The first-order valence-electron chi connectivity index (χ1n) is 11.6. The van der Waals surface area contributed by atoms with Gasteiger partial charge in [0.15, 0.2) is 0 Å². The molecule has 9 heteroatoms. The largest absolute Gasteiger partial charge is 0.443 e. The molecular weight excluding hydrogens is 462 g/mol. The van der Waals surface area contributed by atoms with Crippen LogP contribution in [0.15, 0.2) is 42.9 Å². The fourth-order valence-corrected chi connectivity index (χ4v) is 5.70. The Bertz CT molecular complexity index is 1380. The summed E-state index contributed by atoms with van der Waals surface area (Å²) in [6.07, 6.45) is 6.80. The Labute approximate surface area is 207 Å². The van der Waals surface area contributed by atoms with E-state index < -0.39 is 6.09 Å². The molecule has 1 fully saturated rings. The number of rotatable bonds is 5. The van der Waals surface area contributed by atoms with E-state index in [4.69, 9.17) is 20.2 Å². The van der Waals surface area contributed by atoms with E-state index in [-0.39, 0.29) is 6.61 Å². The highest BCUT2D eigenvalue weighted by molar-refractivity contribution is 7.15. The molecule has 1 aromatic carbocycles. The third kappa shape index (κ3) is 4.69. The summed E-state index contributed by atoms with van der Waals surface area (Å²) in [7, 11) is 1.54. The Morgan fingerprint density at radius 3 is 2.80 bits per heavy atom. The molecule has 35 heavy (non-hydrogen) atoms. The van der Waals surface area contributed by atoms with Crippen molar-refractivity contribution < 1.29 is 14.3 Å². The lowest BCUT2D eigenvalue weighted by Gasteiger charge is -2.21. The highest BCUT2D eigenvalue weighted by Gasteiger charge is 2.25. The number of thiazole rings is 1. The molecule has 0 atom stereocenters. The average Bonchev–Trinajstić information content (AvgIpc) is 3.32. The van der Waals surface area contributed by atoms with E-state index in [1.807, 2.05) is 12.3 Å². The fraction of sp³-hybridized carbons (Fsp3) is 0.308. The van der Waals surface area contributed by atoms with Crippen molar-refractivity contribution in [3.05, 3.63) is 59.0 Å². The number of carbonyl (C=O) groups is 1. The third-order valence-corrected chi connectivity index (χ3v) is 7.66. The second-order valence-corrected chi connectivity index (χ2v) is 9.58. The molecule has 1 saturated heterocycles. The number of anilines is 1. The highest BCUT2D eigenvalue weighted by Crippen LogP contribution is 2.41. The molecule has 0 saturated carbocycles. The number of hydrogen-bond acceptors (Lipinski definition) is 8. The lowest BCUT2D eigenvalue weighted by Crippen LogP contribution is -2.20. The Kier molecular flexibility index (Phi) is 6.61. The first-order valence-corrected chi connectivity index (χ1v) is 12.4. The number of pyridine rings is 2. The number of nitrogen functional groups attached to an aromatic ring is 1. The zero-order chi connectivity index (χ0) is 24.4. The number of fused-ring (bicyclic) bond motifs is 1. The molecule has 4 heterocycles. The van der Waals surface area contributed by atoms with E-state index in [1.54, 1.807) is 30.8 Å². The van der Waals surface area contributed by atoms with Crippen LogP contribution < -0.4 is 11.1 Å². The molecule has 5 rings (SSSR count). The number of carbonyl (C=O) groups excluding carboxylic acids is 1. The van der Waals surface area contributed by atoms with Gasteiger partial charge in [0.05, 0.1) is 5.69 Å². The van der Waals surface area contributed by atoms with Crippen LogP contribution >= 0.6 is 11.3 Å². The summed E-state index contributed by atoms with van der Waals surface area (Å²) < 4.78 is 10.9. The maximum Gasteiger partial charge on any atom is 0.407 e. The Morgan fingerprint density at radius 2 is 2.03 bits per heavy atom. The molecule has 0 spiro atoms. The molecule has 0 radical (unpaired) electrons. The quantitative estimate of drug-likeness (QED) is 0.403. The number of nitrogens with zero attached hydrogens (tertiary/aromatic N) is 3. The van der Waals surface area contributed by atoms with Crippen LogP contribution in [0, 0.1) is 6.92 Å².